The van der Waals surface area contributed by atoms with Gasteiger partial charge in [0.05, 0.1) is 6.04 Å². The predicted octanol–water partition coefficient (Wildman–Crippen LogP) is 2.46. The minimum atomic E-state index is 0.0257. The standard InChI is InChI=1S/C11H12ClNO/c1-7(14)13-11-5-2-8-6-9(12)3-4-10(8)11/h3-4,6,11H,2,5H2,1H3,(H,13,14). The van der Waals surface area contributed by atoms with Crippen LogP contribution in [0.15, 0.2) is 18.2 Å². The summed E-state index contributed by atoms with van der Waals surface area (Å²) in [5.74, 6) is 0.0257. The third-order valence-electron chi connectivity index (χ3n) is 2.56. The first-order valence-electron chi connectivity index (χ1n) is 4.72. The first-order valence-corrected chi connectivity index (χ1v) is 5.10. The maximum absolute atomic E-state index is 10.9. The molecule has 0 saturated heterocycles. The van der Waals surface area contributed by atoms with Crippen LogP contribution in [-0.4, -0.2) is 5.91 Å². The van der Waals surface area contributed by atoms with Crippen molar-refractivity contribution in [3.63, 3.8) is 0 Å². The van der Waals surface area contributed by atoms with Crippen LogP contribution in [0.4, 0.5) is 0 Å². The molecule has 0 heterocycles. The molecule has 14 heavy (non-hydrogen) atoms. The zero-order valence-electron chi connectivity index (χ0n) is 8.01. The highest BCUT2D eigenvalue weighted by atomic mass is 35.5. The molecule has 0 bridgehead atoms. The van der Waals surface area contributed by atoms with Crippen molar-refractivity contribution in [3.05, 3.63) is 34.3 Å². The van der Waals surface area contributed by atoms with Gasteiger partial charge in [-0.3, -0.25) is 4.79 Å². The molecular weight excluding hydrogens is 198 g/mol. The molecule has 2 rings (SSSR count). The molecule has 1 atom stereocenters. The molecule has 0 aliphatic heterocycles. The highest BCUT2D eigenvalue weighted by molar-refractivity contribution is 6.30. The van der Waals surface area contributed by atoms with Crippen molar-refractivity contribution in [1.29, 1.82) is 0 Å². The molecule has 1 aliphatic carbocycles. The molecule has 0 saturated carbocycles. The fraction of sp³-hybridized carbons (Fsp3) is 0.364. The van der Waals surface area contributed by atoms with Gasteiger partial charge in [0.15, 0.2) is 0 Å². The molecule has 2 nitrogen and oxygen atoms in total. The van der Waals surface area contributed by atoms with Crippen molar-refractivity contribution >= 4 is 17.5 Å². The fourth-order valence-electron chi connectivity index (χ4n) is 1.98. The number of rotatable bonds is 1. The normalized spacial score (nSPS) is 19.1. The number of amides is 1. The molecule has 0 radical (unpaired) electrons. The molecular formula is C11H12ClNO. The Hall–Kier alpha value is -1.02. The zero-order valence-corrected chi connectivity index (χ0v) is 8.77. The average molecular weight is 210 g/mol. The summed E-state index contributed by atoms with van der Waals surface area (Å²) >= 11 is 5.89. The van der Waals surface area contributed by atoms with Crippen molar-refractivity contribution in [2.45, 2.75) is 25.8 Å². The zero-order chi connectivity index (χ0) is 10.1. The van der Waals surface area contributed by atoms with Gasteiger partial charge < -0.3 is 5.32 Å². The summed E-state index contributed by atoms with van der Waals surface area (Å²) in [5.41, 5.74) is 2.47. The lowest BCUT2D eigenvalue weighted by atomic mass is 10.1. The van der Waals surface area contributed by atoms with E-state index >= 15 is 0 Å². The van der Waals surface area contributed by atoms with Gasteiger partial charge in [-0.2, -0.15) is 0 Å². The number of carbonyl (C=O) groups excluding carboxylic acids is 1. The average Bonchev–Trinajstić information content (AvgIpc) is 2.47. The number of carbonyl (C=O) groups is 1. The van der Waals surface area contributed by atoms with Gasteiger partial charge >= 0.3 is 0 Å². The molecule has 1 aliphatic rings. The van der Waals surface area contributed by atoms with Crippen molar-refractivity contribution in [2.75, 3.05) is 0 Å². The smallest absolute Gasteiger partial charge is 0.217 e. The van der Waals surface area contributed by atoms with E-state index in [2.05, 4.69) is 5.32 Å². The van der Waals surface area contributed by atoms with Crippen LogP contribution in [0.5, 0.6) is 0 Å². The van der Waals surface area contributed by atoms with Crippen LogP contribution in [0.2, 0.25) is 5.02 Å². The number of halogens is 1. The van der Waals surface area contributed by atoms with E-state index in [1.54, 1.807) is 6.92 Å². The minimum absolute atomic E-state index is 0.0257. The van der Waals surface area contributed by atoms with Gasteiger partial charge in [0.25, 0.3) is 0 Å². The number of benzene rings is 1. The Morgan fingerprint density at radius 1 is 1.57 bits per heavy atom. The Morgan fingerprint density at radius 2 is 2.36 bits per heavy atom. The molecule has 0 aromatic heterocycles. The number of hydrogen-bond donors (Lipinski definition) is 1. The predicted molar refractivity (Wildman–Crippen MR) is 56.3 cm³/mol. The topological polar surface area (TPSA) is 29.1 Å². The Kier molecular flexibility index (Phi) is 2.46. The van der Waals surface area contributed by atoms with Crippen molar-refractivity contribution in [1.82, 2.24) is 5.32 Å². The van der Waals surface area contributed by atoms with Crippen LogP contribution in [0.1, 0.15) is 30.5 Å². The number of hydrogen-bond acceptors (Lipinski definition) is 1. The lowest BCUT2D eigenvalue weighted by molar-refractivity contribution is -0.119. The van der Waals surface area contributed by atoms with Crippen molar-refractivity contribution in [3.8, 4) is 0 Å². The third-order valence-corrected chi connectivity index (χ3v) is 2.80. The van der Waals surface area contributed by atoms with Gasteiger partial charge in [0.1, 0.15) is 0 Å². The van der Waals surface area contributed by atoms with E-state index in [0.29, 0.717) is 0 Å². The number of fused-ring (bicyclic) bond motifs is 1. The third kappa shape index (κ3) is 1.75. The molecule has 3 heteroatoms. The van der Waals surface area contributed by atoms with Crippen LogP contribution < -0.4 is 5.32 Å². The van der Waals surface area contributed by atoms with Crippen LogP contribution in [0.3, 0.4) is 0 Å². The second-order valence-corrected chi connectivity index (χ2v) is 4.07. The summed E-state index contributed by atoms with van der Waals surface area (Å²) < 4.78 is 0. The lowest BCUT2D eigenvalue weighted by Crippen LogP contribution is -2.24. The molecule has 74 valence electrons. The second-order valence-electron chi connectivity index (χ2n) is 3.63. The van der Waals surface area contributed by atoms with Gasteiger partial charge in [-0.25, -0.2) is 0 Å². The Morgan fingerprint density at radius 3 is 3.07 bits per heavy atom. The molecule has 1 aromatic rings. The first kappa shape index (κ1) is 9.53. The lowest BCUT2D eigenvalue weighted by Gasteiger charge is -2.12. The van der Waals surface area contributed by atoms with Crippen molar-refractivity contribution in [2.24, 2.45) is 0 Å². The maximum atomic E-state index is 10.9. The Balaban J connectivity index is 2.26. The van der Waals surface area contributed by atoms with Gasteiger partial charge in [0, 0.05) is 11.9 Å². The first-order chi connectivity index (χ1) is 6.66. The van der Waals surface area contributed by atoms with E-state index in [4.69, 9.17) is 11.6 Å². The SMILES string of the molecule is CC(=O)NC1CCc2cc(Cl)ccc21. The molecule has 1 N–H and O–H groups in total. The summed E-state index contributed by atoms with van der Waals surface area (Å²) in [6.45, 7) is 1.55. The van der Waals surface area contributed by atoms with Gasteiger partial charge in [-0.1, -0.05) is 17.7 Å². The van der Waals surface area contributed by atoms with Crippen LogP contribution in [-0.2, 0) is 11.2 Å². The quantitative estimate of drug-likeness (QED) is 0.757. The second kappa shape index (κ2) is 3.62. The minimum Gasteiger partial charge on any atom is -0.350 e. The summed E-state index contributed by atoms with van der Waals surface area (Å²) in [5, 5.41) is 3.71. The summed E-state index contributed by atoms with van der Waals surface area (Å²) in [4.78, 5) is 10.9. The van der Waals surface area contributed by atoms with Crippen LogP contribution in [0.25, 0.3) is 0 Å². The Bertz CT molecular complexity index is 376. The maximum Gasteiger partial charge on any atom is 0.217 e. The molecule has 1 amide bonds. The number of nitrogens with one attached hydrogen (secondary N) is 1. The largest absolute Gasteiger partial charge is 0.350 e. The van der Waals surface area contributed by atoms with E-state index in [9.17, 15) is 4.79 Å². The monoisotopic (exact) mass is 209 g/mol. The molecule has 0 fully saturated rings. The summed E-state index contributed by atoms with van der Waals surface area (Å²) in [6.07, 6.45) is 1.98. The molecule has 1 aromatic carbocycles. The fourth-order valence-corrected chi connectivity index (χ4v) is 2.18. The highest BCUT2D eigenvalue weighted by Crippen LogP contribution is 2.32. The highest BCUT2D eigenvalue weighted by Gasteiger charge is 2.22. The van der Waals surface area contributed by atoms with Gasteiger partial charge in [0.2, 0.25) is 5.91 Å². The molecule has 0 spiro atoms. The van der Waals surface area contributed by atoms with Crippen molar-refractivity contribution < 1.29 is 4.79 Å². The molecule has 1 unspecified atom stereocenters. The van der Waals surface area contributed by atoms with Crippen LogP contribution >= 0.6 is 11.6 Å². The van der Waals surface area contributed by atoms with E-state index in [1.807, 2.05) is 18.2 Å². The Labute approximate surface area is 88.3 Å². The van der Waals surface area contributed by atoms with E-state index in [1.165, 1.54) is 11.1 Å². The summed E-state index contributed by atoms with van der Waals surface area (Å²) in [7, 11) is 0. The van der Waals surface area contributed by atoms with E-state index in [-0.39, 0.29) is 11.9 Å². The van der Waals surface area contributed by atoms with E-state index in [0.717, 1.165) is 17.9 Å². The van der Waals surface area contributed by atoms with Gasteiger partial charge in [-0.05, 0) is 36.1 Å². The van der Waals surface area contributed by atoms with Crippen LogP contribution in [0, 0.1) is 0 Å². The van der Waals surface area contributed by atoms with Gasteiger partial charge in [-0.15, -0.1) is 0 Å². The summed E-state index contributed by atoms with van der Waals surface area (Å²) in [6, 6.07) is 6.05. The number of aryl methyl sites for hydroxylation is 1. The van der Waals surface area contributed by atoms with E-state index < -0.39 is 0 Å².